The number of methoxy groups -OCH3 is 1. The average Bonchev–Trinajstić information content (AvgIpc) is 3.07. The summed E-state index contributed by atoms with van der Waals surface area (Å²) in [6.45, 7) is 7.12. The zero-order valence-electron chi connectivity index (χ0n) is 27.5. The number of imide groups is 1. The molecule has 0 radical (unpaired) electrons. The number of anilines is 5. The second kappa shape index (κ2) is 14.5. The van der Waals surface area contributed by atoms with Crippen LogP contribution in [0.3, 0.4) is 0 Å². The number of piperazine rings is 1. The highest BCUT2D eigenvalue weighted by molar-refractivity contribution is 7.70. The van der Waals surface area contributed by atoms with Crippen molar-refractivity contribution in [1.82, 2.24) is 20.2 Å². The normalized spacial score (nSPS) is 17.1. The van der Waals surface area contributed by atoms with E-state index in [1.165, 1.54) is 12.3 Å². The predicted octanol–water partition coefficient (Wildman–Crippen LogP) is 5.86. The summed E-state index contributed by atoms with van der Waals surface area (Å²) in [7, 11) is -0.949. The number of ether oxygens (including phenoxy) is 1. The Morgan fingerprint density at radius 2 is 1.80 bits per heavy atom. The van der Waals surface area contributed by atoms with Crippen molar-refractivity contribution in [2.45, 2.75) is 25.3 Å². The molecule has 2 aliphatic heterocycles. The molecule has 0 spiro atoms. The molecule has 1 unspecified atom stereocenters. The Morgan fingerprint density at radius 1 is 1.02 bits per heavy atom. The summed E-state index contributed by atoms with van der Waals surface area (Å²) in [4.78, 5) is 37.2. The van der Waals surface area contributed by atoms with Crippen molar-refractivity contribution in [2.24, 2.45) is 0 Å². The van der Waals surface area contributed by atoms with Gasteiger partial charge in [-0.2, -0.15) is 4.98 Å². The second-order valence-corrected chi connectivity index (χ2v) is 16.1. The molecule has 2 amide bonds. The van der Waals surface area contributed by atoms with Gasteiger partial charge in [-0.05, 0) is 55.6 Å². The Morgan fingerprint density at radius 3 is 2.51 bits per heavy atom. The fraction of sp³-hybridized carbons (Fsp3) is 0.314. The molecule has 0 bridgehead atoms. The number of amides is 2. The first kappa shape index (κ1) is 34.4. The average molecular weight is 706 g/mol. The van der Waals surface area contributed by atoms with Gasteiger partial charge in [0.05, 0.1) is 30.6 Å². The number of benzene rings is 3. The van der Waals surface area contributed by atoms with E-state index in [1.807, 2.05) is 48.5 Å². The van der Waals surface area contributed by atoms with Crippen molar-refractivity contribution >= 4 is 64.7 Å². The third kappa shape index (κ3) is 8.04. The van der Waals surface area contributed by atoms with Gasteiger partial charge in [-0.15, -0.1) is 0 Å². The Hall–Kier alpha value is -4.51. The zero-order chi connectivity index (χ0) is 34.7. The van der Waals surface area contributed by atoms with Gasteiger partial charge in [-0.3, -0.25) is 19.8 Å². The maximum atomic E-state index is 15.0. The van der Waals surface area contributed by atoms with Gasteiger partial charge in [0.15, 0.2) is 5.82 Å². The van der Waals surface area contributed by atoms with E-state index in [0.717, 1.165) is 37.4 Å². The van der Waals surface area contributed by atoms with Crippen LogP contribution in [0.25, 0.3) is 0 Å². The molecule has 49 heavy (non-hydrogen) atoms. The molecule has 4 aromatic rings. The molecule has 0 aliphatic carbocycles. The fourth-order valence-electron chi connectivity index (χ4n) is 6.16. The van der Waals surface area contributed by atoms with Gasteiger partial charge in [0, 0.05) is 61.8 Å². The maximum absolute atomic E-state index is 15.0. The second-order valence-electron chi connectivity index (χ2n) is 12.5. The Balaban J connectivity index is 1.08. The van der Waals surface area contributed by atoms with E-state index in [0.29, 0.717) is 57.7 Å². The standard InChI is InChI=1S/C35H38ClFN7O4P/c1-48-30-19-23(9-12-28(30)40-35-38-20-26(36)33(42-35)39-29-6-4-5-7-31(29)49(2,3)47)44-16-14-43(15-17-44)21-22-8-10-24(27(37)18-22)25-11-13-32(45)41-34(25)46/h4-10,12,18-20,25H,11,13-17,21H2,1-3H3,(H,41,45,46)(H2,38,39,40,42). The summed E-state index contributed by atoms with van der Waals surface area (Å²) in [5.74, 6) is -0.521. The van der Waals surface area contributed by atoms with E-state index in [4.69, 9.17) is 16.3 Å². The zero-order valence-corrected chi connectivity index (χ0v) is 29.2. The topological polar surface area (TPSA) is 129 Å². The molecule has 3 N–H and O–H groups in total. The van der Waals surface area contributed by atoms with E-state index in [9.17, 15) is 14.2 Å². The molecule has 3 heterocycles. The number of hydrogen-bond donors (Lipinski definition) is 3. The minimum absolute atomic E-state index is 0.211. The van der Waals surface area contributed by atoms with E-state index in [1.54, 1.807) is 26.5 Å². The van der Waals surface area contributed by atoms with Crippen LogP contribution in [0.1, 0.15) is 29.9 Å². The molecule has 3 aromatic carbocycles. The summed E-state index contributed by atoms with van der Waals surface area (Å²) >= 11 is 6.43. The van der Waals surface area contributed by atoms with Gasteiger partial charge in [0.25, 0.3) is 0 Å². The van der Waals surface area contributed by atoms with Gasteiger partial charge in [-0.25, -0.2) is 9.37 Å². The number of rotatable bonds is 10. The molecule has 11 nitrogen and oxygen atoms in total. The summed E-state index contributed by atoms with van der Waals surface area (Å²) in [6, 6.07) is 18.3. The minimum Gasteiger partial charge on any atom is -0.494 e. The molecule has 1 aromatic heterocycles. The summed E-state index contributed by atoms with van der Waals surface area (Å²) in [6.07, 6.45) is 2.03. The monoisotopic (exact) mass is 705 g/mol. The number of carbonyl (C=O) groups is 2. The molecule has 14 heteroatoms. The summed E-state index contributed by atoms with van der Waals surface area (Å²) in [5.41, 5.74) is 3.51. The van der Waals surface area contributed by atoms with Crippen LogP contribution in [0, 0.1) is 5.82 Å². The lowest BCUT2D eigenvalue weighted by molar-refractivity contribution is -0.134. The number of carbonyl (C=O) groups excluding carboxylic acids is 2. The molecular weight excluding hydrogens is 668 g/mol. The highest BCUT2D eigenvalue weighted by atomic mass is 35.5. The summed E-state index contributed by atoms with van der Waals surface area (Å²) < 4.78 is 33.6. The molecule has 2 saturated heterocycles. The van der Waals surface area contributed by atoms with Gasteiger partial charge < -0.3 is 24.8 Å². The van der Waals surface area contributed by atoms with Crippen molar-refractivity contribution in [3.05, 3.63) is 88.8 Å². The smallest absolute Gasteiger partial charge is 0.234 e. The number of nitrogens with zero attached hydrogens (tertiary/aromatic N) is 4. The highest BCUT2D eigenvalue weighted by Gasteiger charge is 2.30. The van der Waals surface area contributed by atoms with Crippen LogP contribution in [-0.2, 0) is 20.7 Å². The third-order valence-corrected chi connectivity index (χ3v) is 10.6. The van der Waals surface area contributed by atoms with Crippen molar-refractivity contribution in [1.29, 1.82) is 0 Å². The van der Waals surface area contributed by atoms with Crippen molar-refractivity contribution in [2.75, 3.05) is 62.2 Å². The molecular formula is C35H38ClFN7O4P. The van der Waals surface area contributed by atoms with Crippen LogP contribution < -0.4 is 30.9 Å². The highest BCUT2D eigenvalue weighted by Crippen LogP contribution is 2.39. The SMILES string of the molecule is COc1cc(N2CCN(Cc3ccc(C4CCC(=O)NC4=O)c(F)c3)CC2)ccc1Nc1ncc(Cl)c(Nc2ccccc2P(C)(C)=O)n1. The van der Waals surface area contributed by atoms with Crippen molar-refractivity contribution < 1.29 is 23.3 Å². The van der Waals surface area contributed by atoms with Gasteiger partial charge >= 0.3 is 0 Å². The predicted molar refractivity (Wildman–Crippen MR) is 191 cm³/mol. The largest absolute Gasteiger partial charge is 0.494 e. The first-order valence-corrected chi connectivity index (χ1v) is 18.9. The van der Waals surface area contributed by atoms with Crippen LogP contribution in [0.2, 0.25) is 5.02 Å². The Bertz CT molecular complexity index is 1930. The maximum Gasteiger partial charge on any atom is 0.234 e. The molecule has 6 rings (SSSR count). The minimum atomic E-state index is -2.55. The molecule has 2 fully saturated rings. The Labute approximate surface area is 289 Å². The summed E-state index contributed by atoms with van der Waals surface area (Å²) in [5, 5.41) is 9.76. The van der Waals surface area contributed by atoms with Crippen LogP contribution in [-0.4, -0.2) is 73.3 Å². The van der Waals surface area contributed by atoms with Gasteiger partial charge in [0.2, 0.25) is 17.8 Å². The number of aromatic nitrogens is 2. The van der Waals surface area contributed by atoms with E-state index < -0.39 is 24.8 Å². The van der Waals surface area contributed by atoms with Crippen LogP contribution in [0.15, 0.2) is 66.9 Å². The first-order chi connectivity index (χ1) is 23.5. The van der Waals surface area contributed by atoms with Crippen LogP contribution in [0.4, 0.5) is 33.2 Å². The number of para-hydroxylation sites is 1. The fourth-order valence-corrected chi connectivity index (χ4v) is 7.45. The quantitative estimate of drug-likeness (QED) is 0.136. The lowest BCUT2D eigenvalue weighted by Crippen LogP contribution is -2.46. The molecule has 1 atom stereocenters. The molecule has 256 valence electrons. The van der Waals surface area contributed by atoms with E-state index in [2.05, 4.69) is 35.7 Å². The number of hydrogen-bond acceptors (Lipinski definition) is 10. The van der Waals surface area contributed by atoms with E-state index >= 15 is 4.39 Å². The lowest BCUT2D eigenvalue weighted by atomic mass is 9.89. The third-order valence-electron chi connectivity index (χ3n) is 8.74. The van der Waals surface area contributed by atoms with Crippen LogP contribution in [0.5, 0.6) is 5.75 Å². The van der Waals surface area contributed by atoms with Crippen LogP contribution >= 0.6 is 18.7 Å². The lowest BCUT2D eigenvalue weighted by Gasteiger charge is -2.36. The Kier molecular flexibility index (Phi) is 10.2. The van der Waals surface area contributed by atoms with Gasteiger partial charge in [-0.1, -0.05) is 35.9 Å². The molecule has 2 aliphatic rings. The van der Waals surface area contributed by atoms with Gasteiger partial charge in [0.1, 0.15) is 23.7 Å². The number of nitrogens with one attached hydrogen (secondary N) is 3. The number of halogens is 2. The van der Waals surface area contributed by atoms with Crippen molar-refractivity contribution in [3.63, 3.8) is 0 Å². The first-order valence-electron chi connectivity index (χ1n) is 16.0. The number of piperidine rings is 1. The van der Waals surface area contributed by atoms with Crippen molar-refractivity contribution in [3.8, 4) is 5.75 Å². The molecule has 0 saturated carbocycles. The van der Waals surface area contributed by atoms with E-state index in [-0.39, 0.29) is 12.3 Å².